The molecule has 116 valence electrons. The van der Waals surface area contributed by atoms with Gasteiger partial charge in [0.05, 0.1) is 5.54 Å². The fourth-order valence-corrected chi connectivity index (χ4v) is 2.52. The second kappa shape index (κ2) is 6.58. The molecule has 0 aromatic heterocycles. The standard InChI is InChI=1S/C17H25NO3/c1-17(2,3)18-10-12(19)11-21-16-9-5-6-13-14(16)7-4-8-15(13)20/h5-6,9,12,18-19H,4,7-8,10-11H2,1-3H3/p+1. The quantitative estimate of drug-likeness (QED) is 0.860. The highest BCUT2D eigenvalue weighted by molar-refractivity contribution is 5.99. The van der Waals surface area contributed by atoms with Crippen LogP contribution in [0.25, 0.3) is 0 Å². The molecule has 2 rings (SSSR count). The number of carbonyl (C=O) groups is 1. The Kier molecular flexibility index (Phi) is 5.01. The van der Waals surface area contributed by atoms with Crippen molar-refractivity contribution in [2.45, 2.75) is 51.7 Å². The Hall–Kier alpha value is -1.39. The van der Waals surface area contributed by atoms with Crippen molar-refractivity contribution in [3.05, 3.63) is 29.3 Å². The van der Waals surface area contributed by atoms with Crippen molar-refractivity contribution in [3.63, 3.8) is 0 Å². The molecule has 1 atom stereocenters. The molecular formula is C17H26NO3+. The molecule has 4 heteroatoms. The number of quaternary nitrogens is 1. The Bertz CT molecular complexity index is 505. The van der Waals surface area contributed by atoms with E-state index in [0.717, 1.165) is 29.7 Å². The molecule has 0 fully saturated rings. The monoisotopic (exact) mass is 292 g/mol. The molecule has 0 bridgehead atoms. The van der Waals surface area contributed by atoms with E-state index in [1.54, 1.807) is 0 Å². The lowest BCUT2D eigenvalue weighted by Crippen LogP contribution is -2.96. The molecule has 0 saturated heterocycles. The summed E-state index contributed by atoms with van der Waals surface area (Å²) in [7, 11) is 0. The Morgan fingerprint density at radius 2 is 2.10 bits per heavy atom. The summed E-state index contributed by atoms with van der Waals surface area (Å²) in [4.78, 5) is 11.9. The lowest BCUT2D eigenvalue weighted by atomic mass is 9.90. The van der Waals surface area contributed by atoms with Crippen LogP contribution in [0.15, 0.2) is 18.2 Å². The van der Waals surface area contributed by atoms with E-state index in [1.807, 2.05) is 18.2 Å². The van der Waals surface area contributed by atoms with Gasteiger partial charge in [-0.1, -0.05) is 12.1 Å². The number of fused-ring (bicyclic) bond motifs is 1. The number of carbonyl (C=O) groups excluding carboxylic acids is 1. The van der Waals surface area contributed by atoms with Crippen LogP contribution in [0.1, 0.15) is 49.5 Å². The number of nitrogens with two attached hydrogens (primary N) is 1. The second-order valence-electron chi connectivity index (χ2n) is 6.83. The van der Waals surface area contributed by atoms with Crippen LogP contribution in [-0.2, 0) is 6.42 Å². The molecule has 1 aliphatic rings. The minimum Gasteiger partial charge on any atom is -0.490 e. The van der Waals surface area contributed by atoms with Crippen LogP contribution in [-0.4, -0.2) is 35.7 Å². The topological polar surface area (TPSA) is 63.1 Å². The fourth-order valence-electron chi connectivity index (χ4n) is 2.52. The minimum absolute atomic E-state index is 0.0965. The van der Waals surface area contributed by atoms with Gasteiger partial charge < -0.3 is 15.2 Å². The van der Waals surface area contributed by atoms with Crippen LogP contribution >= 0.6 is 0 Å². The third-order valence-corrected chi connectivity index (χ3v) is 3.70. The number of rotatable bonds is 5. The van der Waals surface area contributed by atoms with Crippen molar-refractivity contribution < 1.29 is 20.0 Å². The molecule has 1 aliphatic carbocycles. The van der Waals surface area contributed by atoms with Gasteiger partial charge in [0.25, 0.3) is 0 Å². The van der Waals surface area contributed by atoms with Gasteiger partial charge in [0.15, 0.2) is 5.78 Å². The molecule has 0 saturated carbocycles. The lowest BCUT2D eigenvalue weighted by Gasteiger charge is -2.21. The van der Waals surface area contributed by atoms with E-state index in [4.69, 9.17) is 4.74 Å². The predicted octanol–water partition coefficient (Wildman–Crippen LogP) is 1.31. The smallest absolute Gasteiger partial charge is 0.163 e. The van der Waals surface area contributed by atoms with E-state index in [1.165, 1.54) is 0 Å². The van der Waals surface area contributed by atoms with Crippen molar-refractivity contribution in [2.24, 2.45) is 0 Å². The highest BCUT2D eigenvalue weighted by Gasteiger charge is 2.21. The Morgan fingerprint density at radius 1 is 1.33 bits per heavy atom. The van der Waals surface area contributed by atoms with Crippen molar-refractivity contribution in [2.75, 3.05) is 13.2 Å². The largest absolute Gasteiger partial charge is 0.490 e. The number of hydrogen-bond acceptors (Lipinski definition) is 3. The summed E-state index contributed by atoms with van der Waals surface area (Å²) in [6.07, 6.45) is 1.87. The Morgan fingerprint density at radius 3 is 2.81 bits per heavy atom. The Labute approximate surface area is 126 Å². The average molecular weight is 292 g/mol. The summed E-state index contributed by atoms with van der Waals surface area (Å²) in [6, 6.07) is 5.61. The molecule has 1 unspecified atom stereocenters. The summed E-state index contributed by atoms with van der Waals surface area (Å²) in [5, 5.41) is 12.1. The van der Waals surface area contributed by atoms with E-state index < -0.39 is 6.10 Å². The van der Waals surface area contributed by atoms with Crippen LogP contribution in [0.4, 0.5) is 0 Å². The van der Waals surface area contributed by atoms with E-state index >= 15 is 0 Å². The van der Waals surface area contributed by atoms with Gasteiger partial charge in [0, 0.05) is 17.5 Å². The maximum absolute atomic E-state index is 11.9. The van der Waals surface area contributed by atoms with E-state index in [2.05, 4.69) is 26.1 Å². The molecule has 0 radical (unpaired) electrons. The molecule has 0 heterocycles. The maximum atomic E-state index is 11.9. The number of aliphatic hydroxyl groups is 1. The molecule has 21 heavy (non-hydrogen) atoms. The van der Waals surface area contributed by atoms with Crippen LogP contribution in [0, 0.1) is 0 Å². The zero-order chi connectivity index (χ0) is 15.5. The minimum atomic E-state index is -0.514. The first-order valence-electron chi connectivity index (χ1n) is 7.67. The molecule has 1 aromatic rings. The third-order valence-electron chi connectivity index (χ3n) is 3.70. The molecular weight excluding hydrogens is 266 g/mol. The van der Waals surface area contributed by atoms with Gasteiger partial charge in [0.2, 0.25) is 0 Å². The van der Waals surface area contributed by atoms with Crippen molar-refractivity contribution in [1.29, 1.82) is 0 Å². The summed E-state index contributed by atoms with van der Waals surface area (Å²) >= 11 is 0. The zero-order valence-corrected chi connectivity index (χ0v) is 13.2. The third kappa shape index (κ3) is 4.55. The van der Waals surface area contributed by atoms with Gasteiger partial charge in [-0.3, -0.25) is 4.79 Å². The SMILES string of the molecule is CC(C)(C)[NH2+]CC(O)COc1cccc2c1CCCC2=O. The molecule has 1 aromatic carbocycles. The highest BCUT2D eigenvalue weighted by Crippen LogP contribution is 2.29. The zero-order valence-electron chi connectivity index (χ0n) is 13.2. The van der Waals surface area contributed by atoms with E-state index in [0.29, 0.717) is 13.0 Å². The number of ketones is 1. The lowest BCUT2D eigenvalue weighted by molar-refractivity contribution is -0.722. The van der Waals surface area contributed by atoms with Gasteiger partial charge >= 0.3 is 0 Å². The summed E-state index contributed by atoms with van der Waals surface area (Å²) < 4.78 is 5.76. The highest BCUT2D eigenvalue weighted by atomic mass is 16.5. The first-order chi connectivity index (χ1) is 9.87. The van der Waals surface area contributed by atoms with Crippen molar-refractivity contribution in [1.82, 2.24) is 0 Å². The number of ether oxygens (including phenoxy) is 1. The van der Waals surface area contributed by atoms with Crippen molar-refractivity contribution >= 4 is 5.78 Å². The predicted molar refractivity (Wildman–Crippen MR) is 81.8 cm³/mol. The summed E-state index contributed by atoms with van der Waals surface area (Å²) in [5.41, 5.74) is 1.88. The van der Waals surface area contributed by atoms with Gasteiger partial charge in [0.1, 0.15) is 25.0 Å². The summed E-state index contributed by atoms with van der Waals surface area (Å²) in [6.45, 7) is 7.20. The molecule has 4 nitrogen and oxygen atoms in total. The van der Waals surface area contributed by atoms with Crippen LogP contribution in [0.2, 0.25) is 0 Å². The first-order valence-corrected chi connectivity index (χ1v) is 7.67. The number of benzene rings is 1. The second-order valence-corrected chi connectivity index (χ2v) is 6.83. The van der Waals surface area contributed by atoms with Gasteiger partial charge in [-0.2, -0.15) is 0 Å². The number of aliphatic hydroxyl groups excluding tert-OH is 1. The maximum Gasteiger partial charge on any atom is 0.163 e. The molecule has 0 amide bonds. The van der Waals surface area contributed by atoms with Crippen LogP contribution in [0.5, 0.6) is 5.75 Å². The fraction of sp³-hybridized carbons (Fsp3) is 0.588. The van der Waals surface area contributed by atoms with E-state index in [-0.39, 0.29) is 17.9 Å². The summed E-state index contributed by atoms with van der Waals surface area (Å²) in [5.74, 6) is 0.943. The Balaban J connectivity index is 1.95. The van der Waals surface area contributed by atoms with E-state index in [9.17, 15) is 9.90 Å². The number of hydrogen-bond donors (Lipinski definition) is 2. The molecule has 0 aliphatic heterocycles. The first kappa shape index (κ1) is 16.0. The van der Waals surface area contributed by atoms with Crippen LogP contribution < -0.4 is 10.1 Å². The normalized spacial score (nSPS) is 16.5. The molecule has 3 N–H and O–H groups in total. The van der Waals surface area contributed by atoms with Crippen molar-refractivity contribution in [3.8, 4) is 5.75 Å². The van der Waals surface area contributed by atoms with Gasteiger partial charge in [-0.05, 0) is 39.7 Å². The number of Topliss-reactive ketones (excluding diaryl/α,β-unsaturated/α-hetero) is 1. The van der Waals surface area contributed by atoms with Gasteiger partial charge in [-0.15, -0.1) is 0 Å². The molecule has 0 spiro atoms. The van der Waals surface area contributed by atoms with Gasteiger partial charge in [-0.25, -0.2) is 0 Å². The average Bonchev–Trinajstić information content (AvgIpc) is 2.42. The van der Waals surface area contributed by atoms with Crippen LogP contribution in [0.3, 0.4) is 0 Å².